The number of aromatic nitrogens is 4. The number of benzene rings is 3. The molecule has 222 valence electrons. The molecule has 5 aromatic rings. The number of ether oxygens (including phenoxy) is 1. The zero-order valence-electron chi connectivity index (χ0n) is 25.0. The fourth-order valence-corrected chi connectivity index (χ4v) is 5.11. The zero-order chi connectivity index (χ0) is 30.7. The third-order valence-corrected chi connectivity index (χ3v) is 7.01. The Balaban J connectivity index is 1.54. The van der Waals surface area contributed by atoms with Gasteiger partial charge in [0.2, 0.25) is 0 Å². The van der Waals surface area contributed by atoms with Gasteiger partial charge in [0.25, 0.3) is 5.56 Å². The van der Waals surface area contributed by atoms with Crippen molar-refractivity contribution in [3.63, 3.8) is 0 Å². The van der Waals surface area contributed by atoms with Crippen molar-refractivity contribution >= 4 is 0 Å². The molecule has 0 spiro atoms. The normalized spacial score (nSPS) is 11.6. The Bertz CT molecular complexity index is 1860. The predicted molar refractivity (Wildman–Crippen MR) is 165 cm³/mol. The highest BCUT2D eigenvalue weighted by atomic mass is 19.1. The Morgan fingerprint density at radius 3 is 2.26 bits per heavy atom. The molecule has 0 amide bonds. The molecule has 8 nitrogen and oxygen atoms in total. The molecule has 0 saturated heterocycles. The Labute approximate surface area is 249 Å². The maximum Gasteiger partial charge on any atom is 0.439 e. The highest BCUT2D eigenvalue weighted by Crippen LogP contribution is 2.31. The van der Waals surface area contributed by atoms with E-state index in [4.69, 9.17) is 9.72 Å². The quantitative estimate of drug-likeness (QED) is 0.205. The van der Waals surface area contributed by atoms with Gasteiger partial charge >= 0.3 is 5.76 Å². The minimum atomic E-state index is -0.670. The molecule has 0 aliphatic rings. The molecule has 0 saturated carbocycles. The molecule has 0 aliphatic heterocycles. The van der Waals surface area contributed by atoms with Crippen LogP contribution in [0.3, 0.4) is 0 Å². The van der Waals surface area contributed by atoms with Crippen molar-refractivity contribution < 1.29 is 13.7 Å². The summed E-state index contributed by atoms with van der Waals surface area (Å²) in [4.78, 5) is 33.1. The van der Waals surface area contributed by atoms with E-state index >= 15 is 4.39 Å². The van der Waals surface area contributed by atoms with Gasteiger partial charge in [0, 0.05) is 17.5 Å². The lowest BCUT2D eigenvalue weighted by atomic mass is 9.98. The highest BCUT2D eigenvalue weighted by Gasteiger charge is 2.20. The summed E-state index contributed by atoms with van der Waals surface area (Å²) in [6.07, 6.45) is 1.96. The maximum absolute atomic E-state index is 15.7. The van der Waals surface area contributed by atoms with Gasteiger partial charge in [0.15, 0.2) is 5.82 Å². The van der Waals surface area contributed by atoms with Crippen molar-refractivity contribution in [3.05, 3.63) is 111 Å². The molecule has 2 aromatic heterocycles. The number of nitrogens with one attached hydrogen (secondary N) is 1. The number of H-pyrrole nitrogens is 1. The second-order valence-electron chi connectivity index (χ2n) is 11.4. The van der Waals surface area contributed by atoms with Gasteiger partial charge in [-0.15, -0.1) is 0 Å². The SMILES string of the molecule is CCCc1nc(CC)c(-c2ccc(OC(C)(C)C)cc2)c(=O)n1Cc1ccc(-c2ccccc2-c2noc(=O)[nH]2)cc1F. The van der Waals surface area contributed by atoms with Crippen LogP contribution in [0, 0.1) is 5.82 Å². The van der Waals surface area contributed by atoms with Crippen LogP contribution in [0.2, 0.25) is 0 Å². The second-order valence-corrected chi connectivity index (χ2v) is 11.4. The Hall–Kier alpha value is -4.79. The van der Waals surface area contributed by atoms with Crippen LogP contribution in [0.1, 0.15) is 58.1 Å². The monoisotopic (exact) mass is 582 g/mol. The van der Waals surface area contributed by atoms with Crippen molar-refractivity contribution in [1.29, 1.82) is 0 Å². The van der Waals surface area contributed by atoms with Crippen molar-refractivity contribution in [2.75, 3.05) is 0 Å². The average Bonchev–Trinajstić information content (AvgIpc) is 3.41. The number of nitrogens with zero attached hydrogens (tertiary/aromatic N) is 3. The first kappa shape index (κ1) is 29.7. The number of rotatable bonds is 9. The fourth-order valence-electron chi connectivity index (χ4n) is 5.11. The van der Waals surface area contributed by atoms with E-state index in [1.54, 1.807) is 28.8 Å². The van der Waals surface area contributed by atoms with Crippen LogP contribution >= 0.6 is 0 Å². The number of hydrogen-bond donors (Lipinski definition) is 1. The van der Waals surface area contributed by atoms with Gasteiger partial charge in [-0.3, -0.25) is 18.9 Å². The summed E-state index contributed by atoms with van der Waals surface area (Å²) in [5.41, 5.74) is 3.66. The van der Waals surface area contributed by atoms with Crippen LogP contribution in [-0.2, 0) is 19.4 Å². The highest BCUT2D eigenvalue weighted by molar-refractivity contribution is 5.80. The van der Waals surface area contributed by atoms with Crippen LogP contribution in [0.25, 0.3) is 33.6 Å². The lowest BCUT2D eigenvalue weighted by Crippen LogP contribution is -2.29. The van der Waals surface area contributed by atoms with Crippen molar-refractivity contribution in [2.24, 2.45) is 0 Å². The van der Waals surface area contributed by atoms with Gasteiger partial charge in [-0.1, -0.05) is 67.5 Å². The Kier molecular flexibility index (Phi) is 8.43. The molecule has 0 unspecified atom stereocenters. The van der Waals surface area contributed by atoms with E-state index in [0.717, 1.165) is 12.0 Å². The van der Waals surface area contributed by atoms with Gasteiger partial charge in [0.1, 0.15) is 23.0 Å². The lowest BCUT2D eigenvalue weighted by Gasteiger charge is -2.21. The van der Waals surface area contributed by atoms with Gasteiger partial charge in [-0.25, -0.2) is 14.2 Å². The summed E-state index contributed by atoms with van der Waals surface area (Å²) < 4.78 is 27.9. The summed E-state index contributed by atoms with van der Waals surface area (Å²) in [6, 6.07) is 19.6. The number of aryl methyl sites for hydroxylation is 2. The van der Waals surface area contributed by atoms with E-state index in [2.05, 4.69) is 14.7 Å². The zero-order valence-corrected chi connectivity index (χ0v) is 25.0. The standard InChI is InChI=1S/C34H35FN4O4/c1-6-10-29-36-28(7-2)30(21-15-17-24(18-16-21)42-34(3,4)5)32(40)39(29)20-23-14-13-22(19-27(23)35)25-11-8-9-12-26(25)31-37-33(41)43-38-31/h8-9,11-19H,6-7,10,20H2,1-5H3,(H,37,38,41). The Morgan fingerprint density at radius 2 is 1.65 bits per heavy atom. The molecule has 0 fully saturated rings. The molecule has 0 radical (unpaired) electrons. The maximum atomic E-state index is 15.7. The molecule has 9 heteroatoms. The fraction of sp³-hybridized carbons (Fsp3) is 0.294. The van der Waals surface area contributed by atoms with E-state index < -0.39 is 11.6 Å². The van der Waals surface area contributed by atoms with Crippen LogP contribution in [-0.4, -0.2) is 25.3 Å². The van der Waals surface area contributed by atoms with Crippen LogP contribution in [0.5, 0.6) is 5.75 Å². The second kappa shape index (κ2) is 12.2. The molecule has 3 aromatic carbocycles. The van der Waals surface area contributed by atoms with Crippen LogP contribution < -0.4 is 16.1 Å². The average molecular weight is 583 g/mol. The summed E-state index contributed by atoms with van der Waals surface area (Å²) in [5.74, 6) is 0.470. The number of aromatic amines is 1. The molecule has 0 atom stereocenters. The van der Waals surface area contributed by atoms with Gasteiger partial charge < -0.3 is 4.74 Å². The summed E-state index contributed by atoms with van der Waals surface area (Å²) in [5, 5.41) is 3.78. The summed E-state index contributed by atoms with van der Waals surface area (Å²) in [7, 11) is 0. The van der Waals surface area contributed by atoms with E-state index in [9.17, 15) is 9.59 Å². The lowest BCUT2D eigenvalue weighted by molar-refractivity contribution is 0.131. The largest absolute Gasteiger partial charge is 0.488 e. The topological polar surface area (TPSA) is 103 Å². The van der Waals surface area contributed by atoms with E-state index in [1.807, 2.05) is 71.0 Å². The van der Waals surface area contributed by atoms with Crippen LogP contribution in [0.4, 0.5) is 4.39 Å². The number of hydrogen-bond acceptors (Lipinski definition) is 6. The first-order valence-electron chi connectivity index (χ1n) is 14.4. The first-order chi connectivity index (χ1) is 20.6. The molecule has 43 heavy (non-hydrogen) atoms. The summed E-state index contributed by atoms with van der Waals surface area (Å²) >= 11 is 0. The van der Waals surface area contributed by atoms with Gasteiger partial charge in [-0.05, 0) is 68.5 Å². The smallest absolute Gasteiger partial charge is 0.439 e. The summed E-state index contributed by atoms with van der Waals surface area (Å²) in [6.45, 7) is 9.98. The molecular weight excluding hydrogens is 547 g/mol. The first-order valence-corrected chi connectivity index (χ1v) is 14.4. The number of halogens is 1. The molecule has 0 bridgehead atoms. The molecule has 5 rings (SSSR count). The van der Waals surface area contributed by atoms with Gasteiger partial charge in [-0.2, -0.15) is 0 Å². The molecule has 1 N–H and O–H groups in total. The van der Waals surface area contributed by atoms with Crippen molar-refractivity contribution in [2.45, 2.75) is 66.0 Å². The minimum absolute atomic E-state index is 0.0355. The minimum Gasteiger partial charge on any atom is -0.488 e. The predicted octanol–water partition coefficient (Wildman–Crippen LogP) is 6.80. The molecule has 0 aliphatic carbocycles. The van der Waals surface area contributed by atoms with E-state index in [1.165, 1.54) is 6.07 Å². The third-order valence-electron chi connectivity index (χ3n) is 7.01. The van der Waals surface area contributed by atoms with Gasteiger partial charge in [0.05, 0.1) is 17.8 Å². The third kappa shape index (κ3) is 6.51. The van der Waals surface area contributed by atoms with Crippen molar-refractivity contribution in [3.8, 4) is 39.4 Å². The Morgan fingerprint density at radius 1 is 0.953 bits per heavy atom. The molecule has 2 heterocycles. The van der Waals surface area contributed by atoms with E-state index in [0.29, 0.717) is 57.9 Å². The van der Waals surface area contributed by atoms with E-state index in [-0.39, 0.29) is 23.5 Å². The van der Waals surface area contributed by atoms with Crippen LogP contribution in [0.15, 0.2) is 80.8 Å². The molecular formula is C34H35FN4O4. The van der Waals surface area contributed by atoms with Crippen molar-refractivity contribution in [1.82, 2.24) is 19.7 Å².